The SMILES string of the molecule is CC1(C)C(=CC2C(=O)C(=CC3=[N+](CCCCCC(=O)O)c4ccc(P(=O)(O)O)cc4C3(C)C)C2O)N(CCCCCC(=O)O)c2ccc(P(=O)(O)O)cc21. The van der Waals surface area contributed by atoms with Crippen LogP contribution < -0.4 is 15.5 Å². The summed E-state index contributed by atoms with van der Waals surface area (Å²) in [4.78, 5) is 77.7. The molecule has 2 aliphatic heterocycles. The standard InChI is InChI=1S/C38H48N2O12P2/c1-37(2)27-19-23(53(47,48)49)13-15-29(27)39(17-9-5-7-11-33(41)42)31(37)21-25-35(45)26(36(25)46)22-32-38(3,4)28-20-24(54(50,51)52)14-16-30(28)40(32)18-10-6-8-12-34(43)44/h13-16,19-22,25,35,45H,5-12,17-18H2,1-4H3,(H5-,41,42,43,44,47,48,49,50,51,52)/p+1. The molecule has 2 atom stereocenters. The molecule has 16 heteroatoms. The molecule has 0 saturated heterocycles. The summed E-state index contributed by atoms with van der Waals surface area (Å²) in [6.07, 6.45) is 5.61. The van der Waals surface area contributed by atoms with Crippen molar-refractivity contribution in [3.63, 3.8) is 0 Å². The molecule has 2 heterocycles. The Hall–Kier alpha value is -3.74. The minimum atomic E-state index is -4.58. The van der Waals surface area contributed by atoms with Gasteiger partial charge in [-0.2, -0.15) is 4.58 Å². The van der Waals surface area contributed by atoms with Crippen LogP contribution in [0.4, 0.5) is 11.4 Å². The van der Waals surface area contributed by atoms with Gasteiger partial charge in [0.1, 0.15) is 6.54 Å². The summed E-state index contributed by atoms with van der Waals surface area (Å²) in [6, 6.07) is 8.96. The largest absolute Gasteiger partial charge is 0.481 e. The monoisotopic (exact) mass is 787 g/mol. The van der Waals surface area contributed by atoms with Crippen LogP contribution in [0.15, 0.2) is 59.8 Å². The highest BCUT2D eigenvalue weighted by atomic mass is 31.2. The van der Waals surface area contributed by atoms with Crippen LogP contribution in [-0.2, 0) is 34.3 Å². The van der Waals surface area contributed by atoms with E-state index in [9.17, 15) is 48.2 Å². The van der Waals surface area contributed by atoms with Crippen LogP contribution in [0.25, 0.3) is 0 Å². The molecule has 3 aliphatic rings. The lowest BCUT2D eigenvalue weighted by molar-refractivity contribution is -0.438. The third-order valence-corrected chi connectivity index (χ3v) is 12.7. The van der Waals surface area contributed by atoms with Crippen LogP contribution in [0.1, 0.15) is 90.2 Å². The molecule has 1 saturated carbocycles. The molecule has 0 aromatic heterocycles. The van der Waals surface area contributed by atoms with E-state index in [2.05, 4.69) is 0 Å². The maximum atomic E-state index is 14.0. The molecule has 1 aliphatic carbocycles. The molecule has 7 N–H and O–H groups in total. The molecule has 14 nitrogen and oxygen atoms in total. The maximum absolute atomic E-state index is 14.0. The predicted molar refractivity (Wildman–Crippen MR) is 202 cm³/mol. The smallest absolute Gasteiger partial charge is 0.356 e. The number of rotatable bonds is 16. The number of benzene rings is 2. The van der Waals surface area contributed by atoms with Gasteiger partial charge in [0.25, 0.3) is 0 Å². The summed E-state index contributed by atoms with van der Waals surface area (Å²) in [6.45, 7) is 8.39. The second-order valence-corrected chi connectivity index (χ2v) is 18.5. The average molecular weight is 788 g/mol. The Balaban J connectivity index is 1.49. The van der Waals surface area contributed by atoms with E-state index >= 15 is 0 Å². The van der Waals surface area contributed by atoms with Gasteiger partial charge in [-0.3, -0.25) is 23.5 Å². The third kappa shape index (κ3) is 8.26. The predicted octanol–water partition coefficient (Wildman–Crippen LogP) is 4.13. The fourth-order valence-corrected chi connectivity index (χ4v) is 8.93. The Morgan fingerprint density at radius 1 is 0.796 bits per heavy atom. The van der Waals surface area contributed by atoms with Gasteiger partial charge < -0.3 is 39.8 Å². The molecule has 0 bridgehead atoms. The molecular weight excluding hydrogens is 738 g/mol. The Morgan fingerprint density at radius 2 is 1.35 bits per heavy atom. The number of aliphatic hydroxyl groups is 1. The number of hydrogen-bond acceptors (Lipinski definition) is 7. The molecule has 0 amide bonds. The molecule has 2 aromatic rings. The Labute approximate surface area is 313 Å². The van der Waals surface area contributed by atoms with Crippen LogP contribution in [0.5, 0.6) is 0 Å². The van der Waals surface area contributed by atoms with Crippen molar-refractivity contribution in [1.29, 1.82) is 0 Å². The lowest BCUT2D eigenvalue weighted by Crippen LogP contribution is -2.46. The van der Waals surface area contributed by atoms with Crippen LogP contribution in [0, 0.1) is 5.92 Å². The van der Waals surface area contributed by atoms with Crippen LogP contribution in [-0.4, -0.2) is 82.1 Å². The number of fused-ring (bicyclic) bond motifs is 2. The number of Topliss-reactive ketones (excluding diaryl/α,β-unsaturated/α-hetero) is 1. The number of carbonyl (C=O) groups is 3. The number of aliphatic hydroxyl groups excluding tert-OH is 1. The molecule has 5 rings (SSSR count). The second kappa shape index (κ2) is 15.4. The van der Waals surface area contributed by atoms with Gasteiger partial charge in [-0.05, 0) is 75.4 Å². The highest BCUT2D eigenvalue weighted by Crippen LogP contribution is 2.51. The van der Waals surface area contributed by atoms with Gasteiger partial charge in [0.05, 0.1) is 28.0 Å². The van der Waals surface area contributed by atoms with Gasteiger partial charge in [0.2, 0.25) is 5.69 Å². The first-order valence-corrected chi connectivity index (χ1v) is 21.2. The number of ketones is 1. The number of carboxylic acids is 2. The zero-order valence-corrected chi connectivity index (χ0v) is 32.6. The summed E-state index contributed by atoms with van der Waals surface area (Å²) >= 11 is 0. The lowest BCUT2D eigenvalue weighted by Gasteiger charge is -2.35. The summed E-state index contributed by atoms with van der Waals surface area (Å²) in [5, 5.41) is 29.4. The maximum Gasteiger partial charge on any atom is 0.356 e. The summed E-state index contributed by atoms with van der Waals surface area (Å²) in [5.41, 5.74) is 2.51. The van der Waals surface area contributed by atoms with Crippen LogP contribution in [0.2, 0.25) is 0 Å². The number of allylic oxidation sites excluding steroid dienone is 2. The van der Waals surface area contributed by atoms with E-state index in [0.29, 0.717) is 85.5 Å². The molecule has 2 unspecified atom stereocenters. The quantitative estimate of drug-likeness (QED) is 0.0550. The van der Waals surface area contributed by atoms with E-state index in [1.807, 2.05) is 37.2 Å². The molecule has 1 fully saturated rings. The molecule has 0 spiro atoms. The van der Waals surface area contributed by atoms with Gasteiger partial charge in [0.15, 0.2) is 11.5 Å². The van der Waals surface area contributed by atoms with E-state index in [0.717, 1.165) is 0 Å². The van der Waals surface area contributed by atoms with Crippen LogP contribution in [0.3, 0.4) is 0 Å². The minimum absolute atomic E-state index is 0.0286. The van der Waals surface area contributed by atoms with Crippen molar-refractivity contribution >= 4 is 60.6 Å². The van der Waals surface area contributed by atoms with Crippen molar-refractivity contribution in [2.45, 2.75) is 96.0 Å². The highest BCUT2D eigenvalue weighted by molar-refractivity contribution is 7.60. The van der Waals surface area contributed by atoms with Crippen LogP contribution >= 0.6 is 15.2 Å². The van der Waals surface area contributed by atoms with E-state index in [1.54, 1.807) is 24.3 Å². The zero-order valence-electron chi connectivity index (χ0n) is 30.8. The van der Waals surface area contributed by atoms with Crippen molar-refractivity contribution in [3.8, 4) is 0 Å². The first kappa shape index (κ1) is 41.4. The minimum Gasteiger partial charge on any atom is -0.481 e. The van der Waals surface area contributed by atoms with Gasteiger partial charge in [-0.1, -0.05) is 26.3 Å². The Morgan fingerprint density at radius 3 is 1.91 bits per heavy atom. The zero-order chi connectivity index (χ0) is 40.0. The van der Waals surface area contributed by atoms with E-state index in [-0.39, 0.29) is 34.8 Å². The summed E-state index contributed by atoms with van der Waals surface area (Å²) < 4.78 is 26.3. The van der Waals surface area contributed by atoms with E-state index in [4.69, 9.17) is 10.2 Å². The van der Waals surface area contributed by atoms with Crippen molar-refractivity contribution < 1.29 is 63.0 Å². The number of carbonyl (C=O) groups excluding carboxylic acids is 1. The lowest BCUT2D eigenvalue weighted by atomic mass is 9.71. The van der Waals surface area contributed by atoms with Crippen molar-refractivity contribution in [1.82, 2.24) is 0 Å². The van der Waals surface area contributed by atoms with Gasteiger partial charge in [-0.25, -0.2) is 0 Å². The fourth-order valence-electron chi connectivity index (χ4n) is 7.80. The number of hydrogen-bond donors (Lipinski definition) is 7. The molecule has 2 aromatic carbocycles. The Kier molecular flexibility index (Phi) is 11.8. The molecule has 54 heavy (non-hydrogen) atoms. The van der Waals surface area contributed by atoms with Crippen molar-refractivity contribution in [2.24, 2.45) is 5.92 Å². The summed E-state index contributed by atoms with van der Waals surface area (Å²) in [7, 11) is -9.16. The first-order valence-electron chi connectivity index (χ1n) is 18.0. The topological polar surface area (TPSA) is 233 Å². The summed E-state index contributed by atoms with van der Waals surface area (Å²) in [5.74, 6) is -3.03. The third-order valence-electron chi connectivity index (χ3n) is 10.8. The number of unbranched alkanes of at least 4 members (excludes halogenated alkanes) is 4. The highest BCUT2D eigenvalue weighted by Gasteiger charge is 2.51. The van der Waals surface area contributed by atoms with Gasteiger partial charge >= 0.3 is 27.1 Å². The number of carboxylic acid groups (broad SMARTS) is 2. The molecular formula is C38H49N2O12P2+. The number of aliphatic carboxylic acids is 2. The Bertz CT molecular complexity index is 2060. The number of anilines is 1. The first-order chi connectivity index (χ1) is 25.1. The number of nitrogens with zero attached hydrogens (tertiary/aromatic N) is 2. The van der Waals surface area contributed by atoms with Crippen molar-refractivity contribution in [3.05, 3.63) is 70.9 Å². The van der Waals surface area contributed by atoms with Gasteiger partial charge in [-0.15, -0.1) is 0 Å². The normalized spacial score (nSPS) is 21.8. The van der Waals surface area contributed by atoms with E-state index in [1.165, 1.54) is 24.3 Å². The second-order valence-electron chi connectivity index (χ2n) is 15.3. The van der Waals surface area contributed by atoms with E-state index < -0.39 is 50.0 Å². The van der Waals surface area contributed by atoms with Crippen molar-refractivity contribution in [2.75, 3.05) is 18.0 Å². The molecule has 292 valence electrons. The molecule has 0 radical (unpaired) electrons. The fraction of sp³-hybridized carbons (Fsp3) is 0.474. The van der Waals surface area contributed by atoms with Gasteiger partial charge in [0, 0.05) is 65.9 Å². The average Bonchev–Trinajstić information content (AvgIpc) is 3.41.